The highest BCUT2D eigenvalue weighted by Crippen LogP contribution is 2.27. The second kappa shape index (κ2) is 4.40. The number of rotatable bonds is 3. The third-order valence-electron chi connectivity index (χ3n) is 2.41. The van der Waals surface area contributed by atoms with E-state index in [0.29, 0.717) is 13.0 Å². The summed E-state index contributed by atoms with van der Waals surface area (Å²) in [5, 5.41) is 8.84. The Hall–Kier alpha value is -0.850. The van der Waals surface area contributed by atoms with E-state index in [0.717, 1.165) is 19.3 Å². The maximum atomic E-state index is 8.84. The molecular weight excluding hydrogens is 164 g/mol. The van der Waals surface area contributed by atoms with E-state index in [-0.39, 0.29) is 6.10 Å². The Morgan fingerprint density at radius 2 is 2.54 bits per heavy atom. The van der Waals surface area contributed by atoms with E-state index in [1.54, 1.807) is 6.08 Å². The van der Waals surface area contributed by atoms with Crippen LogP contribution in [0.4, 0.5) is 0 Å². The van der Waals surface area contributed by atoms with Crippen LogP contribution in [0.2, 0.25) is 0 Å². The van der Waals surface area contributed by atoms with Gasteiger partial charge in [-0.15, -0.1) is 6.58 Å². The molecule has 0 aromatic heterocycles. The van der Waals surface area contributed by atoms with Crippen LogP contribution in [0.1, 0.15) is 25.7 Å². The predicted molar refractivity (Wildman–Crippen MR) is 50.9 cm³/mol. The average Bonchev–Trinajstić information content (AvgIpc) is 2.15. The predicted octanol–water partition coefficient (Wildman–Crippen LogP) is 1.35. The van der Waals surface area contributed by atoms with Crippen molar-refractivity contribution in [1.29, 1.82) is 5.26 Å². The molecule has 3 heteroatoms. The van der Waals surface area contributed by atoms with Crippen molar-refractivity contribution in [2.45, 2.75) is 37.3 Å². The van der Waals surface area contributed by atoms with E-state index in [2.05, 4.69) is 12.6 Å². The van der Waals surface area contributed by atoms with E-state index in [4.69, 9.17) is 15.7 Å². The fraction of sp³-hybridized carbons (Fsp3) is 0.700. The van der Waals surface area contributed by atoms with Crippen LogP contribution < -0.4 is 5.73 Å². The molecule has 3 nitrogen and oxygen atoms in total. The van der Waals surface area contributed by atoms with Gasteiger partial charge >= 0.3 is 0 Å². The third-order valence-corrected chi connectivity index (χ3v) is 2.41. The van der Waals surface area contributed by atoms with Gasteiger partial charge in [0.1, 0.15) is 5.54 Å². The van der Waals surface area contributed by atoms with Gasteiger partial charge in [-0.2, -0.15) is 5.26 Å². The Bertz CT molecular complexity index is 221. The van der Waals surface area contributed by atoms with Crippen LogP contribution >= 0.6 is 0 Å². The largest absolute Gasteiger partial charge is 0.374 e. The monoisotopic (exact) mass is 180 g/mol. The average molecular weight is 180 g/mol. The first-order chi connectivity index (χ1) is 6.20. The zero-order valence-corrected chi connectivity index (χ0v) is 7.83. The van der Waals surface area contributed by atoms with Gasteiger partial charge in [0.05, 0.1) is 18.8 Å². The number of nitrogens with zero attached hydrogens (tertiary/aromatic N) is 1. The topological polar surface area (TPSA) is 59.0 Å². The first-order valence-electron chi connectivity index (χ1n) is 4.63. The zero-order valence-electron chi connectivity index (χ0n) is 7.83. The summed E-state index contributed by atoms with van der Waals surface area (Å²) < 4.78 is 5.48. The molecule has 2 N–H and O–H groups in total. The van der Waals surface area contributed by atoms with E-state index >= 15 is 0 Å². The van der Waals surface area contributed by atoms with Gasteiger partial charge in [0, 0.05) is 6.42 Å². The summed E-state index contributed by atoms with van der Waals surface area (Å²) >= 11 is 0. The molecule has 13 heavy (non-hydrogen) atoms. The summed E-state index contributed by atoms with van der Waals surface area (Å²) in [7, 11) is 0. The molecule has 1 saturated carbocycles. The summed E-state index contributed by atoms with van der Waals surface area (Å²) in [5.74, 6) is 0. The van der Waals surface area contributed by atoms with Gasteiger partial charge in [-0.05, 0) is 19.3 Å². The minimum Gasteiger partial charge on any atom is -0.374 e. The third kappa shape index (κ3) is 2.83. The summed E-state index contributed by atoms with van der Waals surface area (Å²) in [6, 6.07) is 2.16. The summed E-state index contributed by atoms with van der Waals surface area (Å²) in [6.45, 7) is 4.13. The quantitative estimate of drug-likeness (QED) is 0.667. The molecule has 0 radical (unpaired) electrons. The van der Waals surface area contributed by atoms with Crippen molar-refractivity contribution in [2.75, 3.05) is 6.61 Å². The Balaban J connectivity index is 2.42. The maximum absolute atomic E-state index is 8.84. The van der Waals surface area contributed by atoms with Crippen LogP contribution in [0.5, 0.6) is 0 Å². The molecule has 2 atom stereocenters. The molecular formula is C10H16N2O. The second-order valence-electron chi connectivity index (χ2n) is 3.61. The van der Waals surface area contributed by atoms with Gasteiger partial charge in [0.15, 0.2) is 0 Å². The fourth-order valence-electron chi connectivity index (χ4n) is 1.70. The molecule has 72 valence electrons. The van der Waals surface area contributed by atoms with Crippen LogP contribution in [0.3, 0.4) is 0 Å². The Morgan fingerprint density at radius 3 is 3.15 bits per heavy atom. The normalized spacial score (nSPS) is 33.7. The van der Waals surface area contributed by atoms with Crippen molar-refractivity contribution in [3.05, 3.63) is 12.7 Å². The van der Waals surface area contributed by atoms with Crippen molar-refractivity contribution in [2.24, 2.45) is 5.73 Å². The van der Waals surface area contributed by atoms with Gasteiger partial charge in [0.25, 0.3) is 0 Å². The Labute approximate surface area is 79.2 Å². The fourth-order valence-corrected chi connectivity index (χ4v) is 1.70. The zero-order chi connectivity index (χ0) is 9.73. The van der Waals surface area contributed by atoms with Gasteiger partial charge in [-0.25, -0.2) is 0 Å². The minimum atomic E-state index is -0.663. The number of hydrogen-bond acceptors (Lipinski definition) is 3. The van der Waals surface area contributed by atoms with E-state index in [1.807, 2.05) is 0 Å². The molecule has 0 aromatic carbocycles. The lowest BCUT2D eigenvalue weighted by Gasteiger charge is -2.32. The Morgan fingerprint density at radius 1 is 1.77 bits per heavy atom. The number of hydrogen-bond donors (Lipinski definition) is 1. The highest BCUT2D eigenvalue weighted by atomic mass is 16.5. The molecule has 1 rings (SSSR count). The van der Waals surface area contributed by atoms with E-state index in [1.165, 1.54) is 0 Å². The molecule has 1 aliphatic carbocycles. The lowest BCUT2D eigenvalue weighted by atomic mass is 9.82. The lowest BCUT2D eigenvalue weighted by Crippen LogP contribution is -2.45. The maximum Gasteiger partial charge on any atom is 0.106 e. The highest BCUT2D eigenvalue weighted by Gasteiger charge is 2.32. The van der Waals surface area contributed by atoms with Crippen molar-refractivity contribution < 1.29 is 4.74 Å². The molecule has 0 spiro atoms. The van der Waals surface area contributed by atoms with E-state index in [9.17, 15) is 0 Å². The SMILES string of the molecule is C=CCOC1CCCC(N)(C#N)C1. The summed E-state index contributed by atoms with van der Waals surface area (Å²) in [6.07, 6.45) is 5.28. The van der Waals surface area contributed by atoms with Crippen molar-refractivity contribution in [3.8, 4) is 6.07 Å². The van der Waals surface area contributed by atoms with E-state index < -0.39 is 5.54 Å². The van der Waals surface area contributed by atoms with Crippen LogP contribution in [0.25, 0.3) is 0 Å². The van der Waals surface area contributed by atoms with Crippen LogP contribution in [-0.2, 0) is 4.74 Å². The molecule has 0 saturated heterocycles. The second-order valence-corrected chi connectivity index (χ2v) is 3.61. The number of nitrogens with two attached hydrogens (primary N) is 1. The molecule has 1 aliphatic rings. The van der Waals surface area contributed by atoms with Crippen molar-refractivity contribution >= 4 is 0 Å². The minimum absolute atomic E-state index is 0.136. The van der Waals surface area contributed by atoms with Gasteiger partial charge in [-0.3, -0.25) is 0 Å². The summed E-state index contributed by atoms with van der Waals surface area (Å²) in [5.41, 5.74) is 5.19. The molecule has 0 bridgehead atoms. The smallest absolute Gasteiger partial charge is 0.106 e. The molecule has 0 aromatic rings. The van der Waals surface area contributed by atoms with Gasteiger partial charge in [-0.1, -0.05) is 6.08 Å². The first kappa shape index (κ1) is 10.2. The standard InChI is InChI=1S/C10H16N2O/c1-2-6-13-9-4-3-5-10(12,7-9)8-11/h2,9H,1,3-7,12H2. The van der Waals surface area contributed by atoms with Gasteiger partial charge in [0.2, 0.25) is 0 Å². The van der Waals surface area contributed by atoms with Crippen LogP contribution in [-0.4, -0.2) is 18.2 Å². The first-order valence-corrected chi connectivity index (χ1v) is 4.63. The van der Waals surface area contributed by atoms with Gasteiger partial charge < -0.3 is 10.5 Å². The molecule has 2 unspecified atom stereocenters. The van der Waals surface area contributed by atoms with Crippen molar-refractivity contribution in [3.63, 3.8) is 0 Å². The summed E-state index contributed by atoms with van der Waals surface area (Å²) in [4.78, 5) is 0. The molecule has 1 fully saturated rings. The molecule has 0 amide bonds. The number of nitriles is 1. The lowest BCUT2D eigenvalue weighted by molar-refractivity contribution is 0.0314. The highest BCUT2D eigenvalue weighted by molar-refractivity contribution is 5.07. The molecule has 0 heterocycles. The molecule has 0 aliphatic heterocycles. The van der Waals surface area contributed by atoms with Crippen LogP contribution in [0.15, 0.2) is 12.7 Å². The van der Waals surface area contributed by atoms with Crippen molar-refractivity contribution in [1.82, 2.24) is 0 Å². The van der Waals surface area contributed by atoms with Crippen LogP contribution in [0, 0.1) is 11.3 Å². The Kier molecular flexibility index (Phi) is 3.47. The number of ether oxygens (including phenoxy) is 1.